The zero-order valence-electron chi connectivity index (χ0n) is 15.3. The molecule has 0 fully saturated rings. The molecule has 0 aliphatic heterocycles. The number of hydrogen-bond donors (Lipinski definition) is 2. The van der Waals surface area contributed by atoms with Crippen molar-refractivity contribution in [1.29, 1.82) is 0 Å². The Morgan fingerprint density at radius 3 is 2.61 bits per heavy atom. The monoisotopic (exact) mass is 430 g/mol. The van der Waals surface area contributed by atoms with Crippen molar-refractivity contribution < 1.29 is 19.3 Å². The molecule has 3 aromatic rings. The maximum Gasteiger partial charge on any atom is 0.163 e. The number of hydrogen-bond acceptors (Lipinski definition) is 6. The average Bonchev–Trinajstić information content (AvgIpc) is 2.64. The zero-order valence-corrected chi connectivity index (χ0v) is 16.8. The third-order valence-electron chi connectivity index (χ3n) is 3.71. The first kappa shape index (κ1) is 23.6. The molecule has 2 aromatic carbocycles. The normalized spacial score (nSPS) is 10.0. The van der Waals surface area contributed by atoms with Crippen molar-refractivity contribution in [3.63, 3.8) is 0 Å². The van der Waals surface area contributed by atoms with Gasteiger partial charge in [0.1, 0.15) is 24.6 Å². The van der Waals surface area contributed by atoms with E-state index < -0.39 is 5.82 Å². The Hall–Kier alpha value is -2.39. The van der Waals surface area contributed by atoms with Gasteiger partial charge < -0.3 is 25.6 Å². The van der Waals surface area contributed by atoms with Crippen molar-refractivity contribution in [2.45, 2.75) is 0 Å². The van der Waals surface area contributed by atoms with Crippen molar-refractivity contribution in [3.8, 4) is 11.5 Å². The summed E-state index contributed by atoms with van der Waals surface area (Å²) >= 11 is 5.80. The quantitative estimate of drug-likeness (QED) is 0.557. The highest BCUT2D eigenvalue weighted by Crippen LogP contribution is 2.35. The van der Waals surface area contributed by atoms with Crippen LogP contribution in [-0.2, 0) is 0 Å². The number of ether oxygens (including phenoxy) is 2. The summed E-state index contributed by atoms with van der Waals surface area (Å²) in [5, 5.41) is 6.99. The maximum atomic E-state index is 14.1. The van der Waals surface area contributed by atoms with Crippen molar-refractivity contribution in [2.24, 2.45) is 0 Å². The Kier molecular flexibility index (Phi) is 9.14. The molecule has 0 aliphatic carbocycles. The Balaban J connectivity index is 0.00000196. The van der Waals surface area contributed by atoms with Crippen LogP contribution in [0.1, 0.15) is 0 Å². The number of halogens is 3. The molecule has 0 amide bonds. The smallest absolute Gasteiger partial charge is 0.163 e. The van der Waals surface area contributed by atoms with E-state index in [1.165, 1.54) is 12.4 Å². The van der Waals surface area contributed by atoms with Crippen LogP contribution >= 0.6 is 24.0 Å². The van der Waals surface area contributed by atoms with Gasteiger partial charge in [0.2, 0.25) is 0 Å². The van der Waals surface area contributed by atoms with Crippen molar-refractivity contribution in [3.05, 3.63) is 47.5 Å². The van der Waals surface area contributed by atoms with Gasteiger partial charge in [-0.15, -0.1) is 12.4 Å². The Bertz CT molecular complexity index is 931. The molecule has 0 aliphatic rings. The van der Waals surface area contributed by atoms with Crippen molar-refractivity contribution in [1.82, 2.24) is 15.3 Å². The minimum atomic E-state index is -0.469. The van der Waals surface area contributed by atoms with Crippen LogP contribution in [0.25, 0.3) is 10.9 Å². The first-order valence-electron chi connectivity index (χ1n) is 7.94. The largest absolute Gasteiger partial charge is 0.493 e. The first-order valence-corrected chi connectivity index (χ1v) is 8.32. The Morgan fingerprint density at radius 1 is 1.14 bits per heavy atom. The number of benzene rings is 2. The second kappa shape index (κ2) is 10.8. The van der Waals surface area contributed by atoms with Gasteiger partial charge in [-0.2, -0.15) is 0 Å². The minimum Gasteiger partial charge on any atom is -0.493 e. The summed E-state index contributed by atoms with van der Waals surface area (Å²) in [4.78, 5) is 8.49. The molecule has 28 heavy (non-hydrogen) atoms. The molecule has 10 heteroatoms. The van der Waals surface area contributed by atoms with Crippen LogP contribution in [0, 0.1) is 5.82 Å². The Morgan fingerprint density at radius 2 is 1.93 bits per heavy atom. The van der Waals surface area contributed by atoms with Crippen LogP contribution in [0.5, 0.6) is 11.5 Å². The Labute approximate surface area is 172 Å². The molecule has 0 atom stereocenters. The molecular weight excluding hydrogens is 410 g/mol. The van der Waals surface area contributed by atoms with E-state index in [1.807, 2.05) is 7.05 Å². The lowest BCUT2D eigenvalue weighted by Crippen LogP contribution is -2.16. The second-order valence-corrected chi connectivity index (χ2v) is 5.88. The standard InChI is InChI=1S/C18H18ClFN4O2.ClH.H2O/c1-21-5-6-26-17-9-15-12(8-16(17)25-2)18(23-10-22-15)24-14-4-3-11(19)7-13(14)20;;/h3-4,7-10,21H,5-6H2,1-2H3,(H,22,23,24);1H;1H2. The van der Waals surface area contributed by atoms with E-state index in [2.05, 4.69) is 20.6 Å². The third-order valence-corrected chi connectivity index (χ3v) is 3.95. The van der Waals surface area contributed by atoms with Crippen LogP contribution in [0.4, 0.5) is 15.9 Å². The fourth-order valence-corrected chi connectivity index (χ4v) is 2.58. The summed E-state index contributed by atoms with van der Waals surface area (Å²) in [6, 6.07) is 7.93. The van der Waals surface area contributed by atoms with Gasteiger partial charge in [0.25, 0.3) is 0 Å². The number of rotatable bonds is 7. The van der Waals surface area contributed by atoms with E-state index in [4.69, 9.17) is 21.1 Å². The van der Waals surface area contributed by atoms with Gasteiger partial charge in [-0.05, 0) is 31.3 Å². The van der Waals surface area contributed by atoms with Crippen molar-refractivity contribution >= 4 is 46.4 Å². The number of fused-ring (bicyclic) bond motifs is 1. The van der Waals surface area contributed by atoms with Crippen LogP contribution in [0.15, 0.2) is 36.7 Å². The number of nitrogens with zero attached hydrogens (tertiary/aromatic N) is 2. The maximum absolute atomic E-state index is 14.1. The summed E-state index contributed by atoms with van der Waals surface area (Å²) in [7, 11) is 3.41. The SMILES string of the molecule is CNCCOc1cc2ncnc(Nc3ccc(Cl)cc3F)c2cc1OC.Cl.O. The van der Waals surface area contributed by atoms with E-state index in [0.29, 0.717) is 46.4 Å². The predicted molar refractivity (Wildman–Crippen MR) is 111 cm³/mol. The van der Waals surface area contributed by atoms with Gasteiger partial charge in [0.15, 0.2) is 11.5 Å². The van der Waals surface area contributed by atoms with E-state index in [-0.39, 0.29) is 23.6 Å². The van der Waals surface area contributed by atoms with E-state index in [0.717, 1.165) is 0 Å². The molecule has 0 unspecified atom stereocenters. The highest BCUT2D eigenvalue weighted by atomic mass is 35.5. The lowest BCUT2D eigenvalue weighted by atomic mass is 10.2. The summed E-state index contributed by atoms with van der Waals surface area (Å²) in [6.07, 6.45) is 1.41. The van der Waals surface area contributed by atoms with Crippen LogP contribution < -0.4 is 20.1 Å². The number of anilines is 2. The topological polar surface area (TPSA) is 99.8 Å². The van der Waals surface area contributed by atoms with E-state index in [9.17, 15) is 4.39 Å². The van der Waals surface area contributed by atoms with E-state index >= 15 is 0 Å². The molecule has 0 saturated heterocycles. The average molecular weight is 431 g/mol. The van der Waals surface area contributed by atoms with E-state index in [1.54, 1.807) is 31.4 Å². The van der Waals surface area contributed by atoms with Gasteiger partial charge in [-0.1, -0.05) is 11.6 Å². The molecular formula is C18H21Cl2FN4O3. The summed E-state index contributed by atoms with van der Waals surface area (Å²) in [5.74, 6) is 1.11. The molecule has 7 nitrogen and oxygen atoms in total. The number of methoxy groups -OCH3 is 1. The van der Waals surface area contributed by atoms with Gasteiger partial charge in [0, 0.05) is 23.0 Å². The molecule has 0 spiro atoms. The second-order valence-electron chi connectivity index (χ2n) is 5.44. The molecule has 4 N–H and O–H groups in total. The summed E-state index contributed by atoms with van der Waals surface area (Å²) in [6.45, 7) is 1.19. The van der Waals surface area contributed by atoms with Crippen LogP contribution in [0.2, 0.25) is 5.02 Å². The van der Waals surface area contributed by atoms with Crippen LogP contribution in [-0.4, -0.2) is 42.8 Å². The molecule has 152 valence electrons. The molecule has 3 rings (SSSR count). The molecule has 0 saturated carbocycles. The molecule has 0 bridgehead atoms. The number of aromatic nitrogens is 2. The fraction of sp³-hybridized carbons (Fsp3) is 0.222. The lowest BCUT2D eigenvalue weighted by Gasteiger charge is -2.14. The highest BCUT2D eigenvalue weighted by Gasteiger charge is 2.13. The van der Waals surface area contributed by atoms with Crippen LogP contribution in [0.3, 0.4) is 0 Å². The summed E-state index contributed by atoms with van der Waals surface area (Å²) < 4.78 is 25.2. The number of nitrogens with one attached hydrogen (secondary N) is 2. The van der Waals surface area contributed by atoms with Gasteiger partial charge in [0.05, 0.1) is 18.3 Å². The fourth-order valence-electron chi connectivity index (χ4n) is 2.42. The predicted octanol–water partition coefficient (Wildman–Crippen LogP) is 3.37. The zero-order chi connectivity index (χ0) is 18.5. The minimum absolute atomic E-state index is 0. The number of likely N-dealkylation sites (N-methyl/N-ethyl adjacent to an activating group) is 1. The first-order chi connectivity index (χ1) is 12.6. The van der Waals surface area contributed by atoms with Gasteiger partial charge in [-0.25, -0.2) is 14.4 Å². The molecule has 1 aromatic heterocycles. The molecule has 0 radical (unpaired) electrons. The van der Waals surface area contributed by atoms with Crippen molar-refractivity contribution in [2.75, 3.05) is 32.6 Å². The molecule has 1 heterocycles. The van der Waals surface area contributed by atoms with Gasteiger partial charge >= 0.3 is 0 Å². The van der Waals surface area contributed by atoms with Gasteiger partial charge in [-0.3, -0.25) is 0 Å². The lowest BCUT2D eigenvalue weighted by molar-refractivity contribution is 0.296. The third kappa shape index (κ3) is 5.32. The summed E-state index contributed by atoms with van der Waals surface area (Å²) in [5.41, 5.74) is 0.917. The highest BCUT2D eigenvalue weighted by molar-refractivity contribution is 6.30.